The van der Waals surface area contributed by atoms with Gasteiger partial charge >= 0.3 is 0 Å². The fourth-order valence-corrected chi connectivity index (χ4v) is 2.30. The van der Waals surface area contributed by atoms with Crippen molar-refractivity contribution in [3.8, 4) is 0 Å². The van der Waals surface area contributed by atoms with Crippen molar-refractivity contribution in [3.63, 3.8) is 0 Å². The third kappa shape index (κ3) is 3.88. The molecule has 1 heterocycles. The van der Waals surface area contributed by atoms with E-state index in [4.69, 9.17) is 4.74 Å². The predicted molar refractivity (Wildman–Crippen MR) is 75.4 cm³/mol. The van der Waals surface area contributed by atoms with E-state index in [1.165, 1.54) is 6.07 Å². The molecule has 1 aromatic carbocycles. The standard InChI is InChI=1S/C14H16BrFN2O/c1-2-19-10-14-17-6-8-18(14)7-5-11-9-12(16)3-4-13(11)15/h3-4,6,8-9H,2,5,7,10H2,1H3. The first kappa shape index (κ1) is 14.2. The number of halogens is 2. The van der Waals surface area contributed by atoms with Crippen LogP contribution in [0.4, 0.5) is 4.39 Å². The summed E-state index contributed by atoms with van der Waals surface area (Å²) < 4.78 is 21.5. The van der Waals surface area contributed by atoms with E-state index >= 15 is 0 Å². The van der Waals surface area contributed by atoms with Gasteiger partial charge in [0.05, 0.1) is 0 Å². The Morgan fingerprint density at radius 3 is 3.05 bits per heavy atom. The van der Waals surface area contributed by atoms with E-state index in [1.54, 1.807) is 18.3 Å². The van der Waals surface area contributed by atoms with Gasteiger partial charge in [0, 0.05) is 30.0 Å². The van der Waals surface area contributed by atoms with Crippen molar-refractivity contribution in [1.29, 1.82) is 0 Å². The summed E-state index contributed by atoms with van der Waals surface area (Å²) in [6.07, 6.45) is 4.42. The maximum Gasteiger partial charge on any atom is 0.134 e. The SMILES string of the molecule is CCOCc1nccn1CCc1cc(F)ccc1Br. The van der Waals surface area contributed by atoms with Crippen LogP contribution in [0.5, 0.6) is 0 Å². The first-order valence-electron chi connectivity index (χ1n) is 6.22. The van der Waals surface area contributed by atoms with Crippen LogP contribution in [0.3, 0.4) is 0 Å². The number of hydrogen-bond acceptors (Lipinski definition) is 2. The van der Waals surface area contributed by atoms with E-state index in [9.17, 15) is 4.39 Å². The lowest BCUT2D eigenvalue weighted by Gasteiger charge is -2.09. The van der Waals surface area contributed by atoms with Crippen LogP contribution in [0.15, 0.2) is 35.1 Å². The summed E-state index contributed by atoms with van der Waals surface area (Å²) in [5.41, 5.74) is 0.955. The third-order valence-corrected chi connectivity index (χ3v) is 3.64. The van der Waals surface area contributed by atoms with Crippen LogP contribution in [0, 0.1) is 5.82 Å². The van der Waals surface area contributed by atoms with E-state index in [2.05, 4.69) is 20.9 Å². The summed E-state index contributed by atoms with van der Waals surface area (Å²) in [5, 5.41) is 0. The van der Waals surface area contributed by atoms with Crippen molar-refractivity contribution in [2.24, 2.45) is 0 Å². The number of imidazole rings is 1. The highest BCUT2D eigenvalue weighted by molar-refractivity contribution is 9.10. The molecule has 0 amide bonds. The number of aromatic nitrogens is 2. The van der Waals surface area contributed by atoms with Gasteiger partial charge in [-0.25, -0.2) is 9.37 Å². The van der Waals surface area contributed by atoms with Gasteiger partial charge in [-0.3, -0.25) is 0 Å². The summed E-state index contributed by atoms with van der Waals surface area (Å²) >= 11 is 3.44. The van der Waals surface area contributed by atoms with Crippen LogP contribution in [0.1, 0.15) is 18.3 Å². The highest BCUT2D eigenvalue weighted by Gasteiger charge is 2.05. The molecular formula is C14H16BrFN2O. The van der Waals surface area contributed by atoms with Crippen LogP contribution in [0.2, 0.25) is 0 Å². The van der Waals surface area contributed by atoms with Crippen molar-refractivity contribution in [3.05, 3.63) is 52.3 Å². The lowest BCUT2D eigenvalue weighted by Crippen LogP contribution is -2.07. The normalized spacial score (nSPS) is 10.9. The highest BCUT2D eigenvalue weighted by Crippen LogP contribution is 2.19. The summed E-state index contributed by atoms with van der Waals surface area (Å²) in [7, 11) is 0. The van der Waals surface area contributed by atoms with E-state index in [0.717, 1.165) is 28.8 Å². The Morgan fingerprint density at radius 2 is 2.26 bits per heavy atom. The molecule has 5 heteroatoms. The Bertz CT molecular complexity index is 542. The second-order valence-corrected chi connectivity index (χ2v) is 5.01. The Hall–Kier alpha value is -1.20. The molecule has 102 valence electrons. The highest BCUT2D eigenvalue weighted by atomic mass is 79.9. The molecule has 19 heavy (non-hydrogen) atoms. The van der Waals surface area contributed by atoms with Gasteiger partial charge in [-0.2, -0.15) is 0 Å². The molecule has 0 aliphatic carbocycles. The van der Waals surface area contributed by atoms with Crippen molar-refractivity contribution < 1.29 is 9.13 Å². The average molecular weight is 327 g/mol. The Balaban J connectivity index is 2.02. The monoisotopic (exact) mass is 326 g/mol. The van der Waals surface area contributed by atoms with Gasteiger partial charge < -0.3 is 9.30 Å². The van der Waals surface area contributed by atoms with Crippen molar-refractivity contribution in [2.45, 2.75) is 26.5 Å². The van der Waals surface area contributed by atoms with E-state index in [1.807, 2.05) is 17.7 Å². The molecular weight excluding hydrogens is 311 g/mol. The number of hydrogen-bond donors (Lipinski definition) is 0. The Kier molecular flexibility index (Phi) is 5.10. The second kappa shape index (κ2) is 6.82. The van der Waals surface area contributed by atoms with Gasteiger partial charge in [-0.05, 0) is 37.1 Å². The second-order valence-electron chi connectivity index (χ2n) is 4.16. The van der Waals surface area contributed by atoms with Gasteiger partial charge in [0.15, 0.2) is 0 Å². The quantitative estimate of drug-likeness (QED) is 0.811. The molecule has 0 bridgehead atoms. The number of aryl methyl sites for hydroxylation is 2. The smallest absolute Gasteiger partial charge is 0.134 e. The predicted octanol–water partition coefficient (Wildman–Crippen LogP) is 3.56. The number of nitrogens with zero attached hydrogens (tertiary/aromatic N) is 2. The molecule has 2 aromatic rings. The zero-order valence-electron chi connectivity index (χ0n) is 10.8. The Morgan fingerprint density at radius 1 is 1.42 bits per heavy atom. The maximum absolute atomic E-state index is 13.2. The van der Waals surface area contributed by atoms with Crippen LogP contribution in [-0.4, -0.2) is 16.2 Å². The van der Waals surface area contributed by atoms with Gasteiger partial charge in [0.1, 0.15) is 18.2 Å². The van der Waals surface area contributed by atoms with Crippen LogP contribution in [-0.2, 0) is 24.3 Å². The molecule has 0 atom stereocenters. The fourth-order valence-electron chi connectivity index (χ4n) is 1.85. The molecule has 0 aliphatic rings. The summed E-state index contributed by atoms with van der Waals surface area (Å²) in [6, 6.07) is 4.74. The minimum Gasteiger partial charge on any atom is -0.374 e. The first-order valence-corrected chi connectivity index (χ1v) is 7.01. The van der Waals surface area contributed by atoms with Gasteiger partial charge in [0.25, 0.3) is 0 Å². The Labute approximate surface area is 120 Å². The van der Waals surface area contributed by atoms with Gasteiger partial charge in [-0.1, -0.05) is 15.9 Å². The molecule has 0 spiro atoms. The lowest BCUT2D eigenvalue weighted by atomic mass is 10.1. The van der Waals surface area contributed by atoms with Crippen molar-refractivity contribution in [1.82, 2.24) is 9.55 Å². The summed E-state index contributed by atoms with van der Waals surface area (Å²) in [5.74, 6) is 0.688. The van der Waals surface area contributed by atoms with Crippen molar-refractivity contribution >= 4 is 15.9 Å². The average Bonchev–Trinajstić information content (AvgIpc) is 2.85. The van der Waals surface area contributed by atoms with E-state index < -0.39 is 0 Å². The first-order chi connectivity index (χ1) is 9.20. The van der Waals surface area contributed by atoms with Crippen LogP contribution >= 0.6 is 15.9 Å². The number of rotatable bonds is 6. The van der Waals surface area contributed by atoms with E-state index in [0.29, 0.717) is 13.2 Å². The van der Waals surface area contributed by atoms with Gasteiger partial charge in [0.2, 0.25) is 0 Å². The number of ether oxygens (including phenoxy) is 1. The fraction of sp³-hybridized carbons (Fsp3) is 0.357. The van der Waals surface area contributed by atoms with Gasteiger partial charge in [-0.15, -0.1) is 0 Å². The molecule has 1 aromatic heterocycles. The molecule has 3 nitrogen and oxygen atoms in total. The molecule has 2 rings (SSSR count). The molecule has 0 N–H and O–H groups in total. The summed E-state index contributed by atoms with van der Waals surface area (Å²) in [4.78, 5) is 4.26. The third-order valence-electron chi connectivity index (χ3n) is 2.87. The zero-order chi connectivity index (χ0) is 13.7. The molecule has 0 saturated heterocycles. The molecule has 0 radical (unpaired) electrons. The largest absolute Gasteiger partial charge is 0.374 e. The summed E-state index contributed by atoms with van der Waals surface area (Å²) in [6.45, 7) is 3.89. The minimum absolute atomic E-state index is 0.210. The number of benzene rings is 1. The van der Waals surface area contributed by atoms with Crippen LogP contribution < -0.4 is 0 Å². The maximum atomic E-state index is 13.2. The van der Waals surface area contributed by atoms with E-state index in [-0.39, 0.29) is 5.82 Å². The molecule has 0 fully saturated rings. The van der Waals surface area contributed by atoms with Crippen LogP contribution in [0.25, 0.3) is 0 Å². The zero-order valence-corrected chi connectivity index (χ0v) is 12.4. The molecule has 0 aliphatic heterocycles. The molecule has 0 saturated carbocycles. The molecule has 0 unspecified atom stereocenters. The topological polar surface area (TPSA) is 27.1 Å². The van der Waals surface area contributed by atoms with Crippen molar-refractivity contribution in [2.75, 3.05) is 6.61 Å². The lowest BCUT2D eigenvalue weighted by molar-refractivity contribution is 0.125. The minimum atomic E-state index is -0.210.